The summed E-state index contributed by atoms with van der Waals surface area (Å²) in [6, 6.07) is 13.4. The lowest BCUT2D eigenvalue weighted by atomic mass is 10.1. The highest BCUT2D eigenvalue weighted by Gasteiger charge is 2.11. The number of hydrogen-bond acceptors (Lipinski definition) is 5. The first-order valence-corrected chi connectivity index (χ1v) is 8.98. The maximum absolute atomic E-state index is 11.8. The molecule has 3 rings (SSSR count). The Morgan fingerprint density at radius 2 is 1.78 bits per heavy atom. The predicted octanol–water partition coefficient (Wildman–Crippen LogP) is 2.67. The first kappa shape index (κ1) is 18.5. The van der Waals surface area contributed by atoms with Gasteiger partial charge in [0.15, 0.2) is 0 Å². The molecule has 3 N–H and O–H groups in total. The van der Waals surface area contributed by atoms with Crippen molar-refractivity contribution in [3.63, 3.8) is 0 Å². The Kier molecular flexibility index (Phi) is 5.46. The SMILES string of the molecule is CC(=O)Nc1ccc(-c2ccc3sc(CC(=O)NCC(=O)O)nc3c2)cc1. The summed E-state index contributed by atoms with van der Waals surface area (Å²) in [6.45, 7) is 1.06. The van der Waals surface area contributed by atoms with E-state index in [1.54, 1.807) is 0 Å². The Bertz CT molecular complexity index is 1010. The van der Waals surface area contributed by atoms with Crippen molar-refractivity contribution in [2.45, 2.75) is 13.3 Å². The Labute approximate surface area is 159 Å². The van der Waals surface area contributed by atoms with Crippen LogP contribution in [0.15, 0.2) is 42.5 Å². The van der Waals surface area contributed by atoms with Crippen LogP contribution >= 0.6 is 11.3 Å². The number of amides is 2. The molecule has 0 aliphatic rings. The molecule has 0 saturated heterocycles. The van der Waals surface area contributed by atoms with Crippen molar-refractivity contribution in [2.75, 3.05) is 11.9 Å². The van der Waals surface area contributed by atoms with Gasteiger partial charge in [-0.1, -0.05) is 18.2 Å². The molecule has 138 valence electrons. The second-order valence-corrected chi connectivity index (χ2v) is 7.01. The minimum Gasteiger partial charge on any atom is -0.480 e. The standard InChI is InChI=1S/C19H17N3O4S/c1-11(23)21-14-5-2-12(3-6-14)13-4-7-16-15(8-13)22-18(27-16)9-17(24)20-10-19(25)26/h2-8H,9-10H2,1H3,(H,20,24)(H,21,23)(H,25,26). The van der Waals surface area contributed by atoms with Crippen LogP contribution in [0.4, 0.5) is 5.69 Å². The molecule has 0 fully saturated rings. The second kappa shape index (κ2) is 7.96. The maximum Gasteiger partial charge on any atom is 0.322 e. The summed E-state index contributed by atoms with van der Waals surface area (Å²) in [7, 11) is 0. The molecule has 27 heavy (non-hydrogen) atoms. The molecule has 0 unspecified atom stereocenters. The lowest BCUT2D eigenvalue weighted by Gasteiger charge is -2.05. The molecule has 3 aromatic rings. The van der Waals surface area contributed by atoms with Crippen LogP contribution in [0.2, 0.25) is 0 Å². The van der Waals surface area contributed by atoms with Gasteiger partial charge < -0.3 is 15.7 Å². The Hall–Kier alpha value is -3.26. The van der Waals surface area contributed by atoms with Gasteiger partial charge in [0.2, 0.25) is 11.8 Å². The van der Waals surface area contributed by atoms with Gasteiger partial charge in [-0.05, 0) is 35.4 Å². The van der Waals surface area contributed by atoms with Crippen molar-refractivity contribution < 1.29 is 19.5 Å². The number of aromatic nitrogens is 1. The lowest BCUT2D eigenvalue weighted by molar-refractivity contribution is -0.137. The topological polar surface area (TPSA) is 108 Å². The number of nitrogens with zero attached hydrogens (tertiary/aromatic N) is 1. The first-order valence-electron chi connectivity index (χ1n) is 8.17. The van der Waals surface area contributed by atoms with Gasteiger partial charge in [-0.15, -0.1) is 11.3 Å². The highest BCUT2D eigenvalue weighted by molar-refractivity contribution is 7.18. The molecule has 1 aromatic heterocycles. The summed E-state index contributed by atoms with van der Waals surface area (Å²) in [4.78, 5) is 37.8. The summed E-state index contributed by atoms with van der Waals surface area (Å²) < 4.78 is 0.953. The first-order chi connectivity index (χ1) is 12.9. The monoisotopic (exact) mass is 383 g/mol. The van der Waals surface area contributed by atoms with Crippen molar-refractivity contribution in [1.29, 1.82) is 0 Å². The number of nitrogens with one attached hydrogen (secondary N) is 2. The number of carbonyl (C=O) groups excluding carboxylic acids is 2. The van der Waals surface area contributed by atoms with Crippen LogP contribution in [0, 0.1) is 0 Å². The molecular weight excluding hydrogens is 366 g/mol. The third kappa shape index (κ3) is 4.89. The van der Waals surface area contributed by atoms with E-state index in [4.69, 9.17) is 5.11 Å². The number of carboxylic acids is 1. The molecule has 2 aromatic carbocycles. The maximum atomic E-state index is 11.8. The van der Waals surface area contributed by atoms with Gasteiger partial charge >= 0.3 is 5.97 Å². The van der Waals surface area contributed by atoms with Crippen LogP contribution in [-0.4, -0.2) is 34.4 Å². The van der Waals surface area contributed by atoms with E-state index in [1.807, 2.05) is 42.5 Å². The number of carbonyl (C=O) groups is 3. The smallest absolute Gasteiger partial charge is 0.322 e. The minimum absolute atomic E-state index is 0.0490. The summed E-state index contributed by atoms with van der Waals surface area (Å²) in [6.07, 6.45) is 0.0490. The van der Waals surface area contributed by atoms with Gasteiger partial charge in [0.25, 0.3) is 0 Å². The third-order valence-corrected chi connectivity index (χ3v) is 4.76. The zero-order valence-electron chi connectivity index (χ0n) is 14.5. The highest BCUT2D eigenvalue weighted by atomic mass is 32.1. The largest absolute Gasteiger partial charge is 0.480 e. The number of fused-ring (bicyclic) bond motifs is 1. The van der Waals surface area contributed by atoms with Gasteiger partial charge in [0, 0.05) is 12.6 Å². The molecule has 7 nitrogen and oxygen atoms in total. The van der Waals surface area contributed by atoms with E-state index >= 15 is 0 Å². The molecule has 0 aliphatic heterocycles. The summed E-state index contributed by atoms with van der Waals surface area (Å²) >= 11 is 1.41. The number of anilines is 1. The van der Waals surface area contributed by atoms with Crippen LogP contribution in [-0.2, 0) is 20.8 Å². The number of rotatable bonds is 6. The van der Waals surface area contributed by atoms with Crippen LogP contribution in [0.3, 0.4) is 0 Å². The van der Waals surface area contributed by atoms with Crippen LogP contribution in [0.5, 0.6) is 0 Å². The van der Waals surface area contributed by atoms with Gasteiger partial charge in [0.1, 0.15) is 11.6 Å². The van der Waals surface area contributed by atoms with Gasteiger partial charge in [-0.3, -0.25) is 14.4 Å². The average molecular weight is 383 g/mol. The van der Waals surface area contributed by atoms with Gasteiger partial charge in [-0.25, -0.2) is 4.98 Å². The fourth-order valence-electron chi connectivity index (χ4n) is 2.55. The van der Waals surface area contributed by atoms with Crippen LogP contribution < -0.4 is 10.6 Å². The Morgan fingerprint density at radius 3 is 2.44 bits per heavy atom. The number of thiazole rings is 1. The van der Waals surface area contributed by atoms with Crippen molar-refractivity contribution in [2.24, 2.45) is 0 Å². The van der Waals surface area contributed by atoms with E-state index < -0.39 is 12.5 Å². The zero-order valence-corrected chi connectivity index (χ0v) is 15.3. The summed E-state index contributed by atoms with van der Waals surface area (Å²) in [5.41, 5.74) is 3.48. The number of aliphatic carboxylic acids is 1. The zero-order chi connectivity index (χ0) is 19.4. The molecule has 0 saturated carbocycles. The van der Waals surface area contributed by atoms with E-state index in [9.17, 15) is 14.4 Å². The summed E-state index contributed by atoms with van der Waals surface area (Å²) in [5, 5.41) is 14.3. The van der Waals surface area contributed by atoms with E-state index in [-0.39, 0.29) is 18.2 Å². The average Bonchev–Trinajstić information content (AvgIpc) is 3.01. The van der Waals surface area contributed by atoms with E-state index in [2.05, 4.69) is 15.6 Å². The Balaban J connectivity index is 1.76. The molecule has 0 atom stereocenters. The van der Waals surface area contributed by atoms with Crippen molar-refractivity contribution in [1.82, 2.24) is 10.3 Å². The van der Waals surface area contributed by atoms with Gasteiger partial charge in [-0.2, -0.15) is 0 Å². The molecule has 0 bridgehead atoms. The molecule has 1 heterocycles. The molecular formula is C19H17N3O4S. The van der Waals surface area contributed by atoms with E-state index in [0.29, 0.717) is 5.01 Å². The summed E-state index contributed by atoms with van der Waals surface area (Å²) in [5.74, 6) is -1.57. The highest BCUT2D eigenvalue weighted by Crippen LogP contribution is 2.28. The third-order valence-electron chi connectivity index (χ3n) is 3.72. The van der Waals surface area contributed by atoms with Gasteiger partial charge in [0.05, 0.1) is 16.6 Å². The fourth-order valence-corrected chi connectivity index (χ4v) is 3.50. The quantitative estimate of drug-likeness (QED) is 0.606. The Morgan fingerprint density at radius 1 is 1.07 bits per heavy atom. The predicted molar refractivity (Wildman–Crippen MR) is 104 cm³/mol. The van der Waals surface area contributed by atoms with E-state index in [0.717, 1.165) is 27.0 Å². The fraction of sp³-hybridized carbons (Fsp3) is 0.158. The number of benzene rings is 2. The molecule has 0 spiro atoms. The molecule has 2 amide bonds. The normalized spacial score (nSPS) is 10.6. The van der Waals surface area contributed by atoms with E-state index in [1.165, 1.54) is 18.3 Å². The van der Waals surface area contributed by atoms with Crippen molar-refractivity contribution in [3.8, 4) is 11.1 Å². The second-order valence-electron chi connectivity index (χ2n) is 5.90. The number of hydrogen-bond donors (Lipinski definition) is 3. The molecule has 0 aliphatic carbocycles. The van der Waals surface area contributed by atoms with Crippen molar-refractivity contribution in [3.05, 3.63) is 47.5 Å². The molecule has 0 radical (unpaired) electrons. The molecule has 8 heteroatoms. The van der Waals surface area contributed by atoms with Crippen LogP contribution in [0.25, 0.3) is 21.3 Å². The van der Waals surface area contributed by atoms with Crippen molar-refractivity contribution >= 4 is 45.0 Å². The lowest BCUT2D eigenvalue weighted by Crippen LogP contribution is -2.30. The van der Waals surface area contributed by atoms with Crippen LogP contribution in [0.1, 0.15) is 11.9 Å². The minimum atomic E-state index is -1.08. The number of carboxylic acid groups (broad SMARTS) is 1.